The summed E-state index contributed by atoms with van der Waals surface area (Å²) in [6.45, 7) is 6.68. The highest BCUT2D eigenvalue weighted by Gasteiger charge is 2.73. The first-order chi connectivity index (χ1) is 17.3. The topological polar surface area (TPSA) is 180 Å². The van der Waals surface area contributed by atoms with E-state index in [0.29, 0.717) is 6.42 Å². The van der Waals surface area contributed by atoms with Gasteiger partial charge in [-0.05, 0) is 36.5 Å². The molecule has 5 N–H and O–H groups in total. The maximum Gasteiger partial charge on any atom is 0.306 e. The van der Waals surface area contributed by atoms with E-state index in [0.717, 1.165) is 0 Å². The zero-order valence-corrected chi connectivity index (χ0v) is 21.5. The van der Waals surface area contributed by atoms with E-state index in [9.17, 15) is 39.9 Å². The van der Waals surface area contributed by atoms with Crippen molar-refractivity contribution >= 4 is 17.5 Å². The largest absolute Gasteiger partial charge is 0.462 e. The van der Waals surface area contributed by atoms with E-state index in [1.807, 2.05) is 13.8 Å². The summed E-state index contributed by atoms with van der Waals surface area (Å²) >= 11 is 0. The molecule has 3 saturated carbocycles. The van der Waals surface area contributed by atoms with E-state index in [1.54, 1.807) is 13.8 Å². The fourth-order valence-corrected chi connectivity index (χ4v) is 8.58. The fourth-order valence-electron chi connectivity index (χ4n) is 8.58. The third-order valence-corrected chi connectivity index (χ3v) is 10.6. The molecule has 2 heterocycles. The molecule has 5 aliphatic rings. The van der Waals surface area contributed by atoms with Crippen molar-refractivity contribution in [2.75, 3.05) is 6.61 Å². The number of carbonyl (C=O) groups excluding carboxylic acids is 3. The Morgan fingerprint density at radius 3 is 2.30 bits per heavy atom. The molecule has 3 aliphatic carbocycles. The van der Waals surface area contributed by atoms with E-state index in [2.05, 4.69) is 0 Å². The number of fused-ring (bicyclic) bond motifs is 2. The molecule has 15 atom stereocenters. The minimum absolute atomic E-state index is 0.0598. The SMILES string of the molecule is C[C@H]1[C@H](O)C(=O)[C@@H]2[C@@]3(C)C(=O)[C@@H](O[C@@H]4O[C@H](CO)[C@@H](O)[C@H](O)[C@H]4O)C[C@@H](C)[C@@H]3C[C@H]3OC(=O)C[C@@H]1[C@@]23C. The van der Waals surface area contributed by atoms with Gasteiger partial charge < -0.3 is 39.7 Å². The number of carbonyl (C=O) groups is 3. The van der Waals surface area contributed by atoms with Gasteiger partial charge in [-0.3, -0.25) is 14.4 Å². The lowest BCUT2D eigenvalue weighted by atomic mass is 9.38. The number of Topliss-reactive ketones (excluding diaryl/α,β-unsaturated/α-hetero) is 2. The number of ketones is 2. The molecule has 0 amide bonds. The van der Waals surface area contributed by atoms with Gasteiger partial charge in [-0.25, -0.2) is 0 Å². The van der Waals surface area contributed by atoms with Gasteiger partial charge in [-0.1, -0.05) is 27.7 Å². The summed E-state index contributed by atoms with van der Waals surface area (Å²) in [7, 11) is 0. The van der Waals surface area contributed by atoms with E-state index in [4.69, 9.17) is 14.2 Å². The molecule has 0 aromatic rings. The average Bonchev–Trinajstić information content (AvgIpc) is 2.85. The Kier molecular flexibility index (Phi) is 6.62. The van der Waals surface area contributed by atoms with Crippen LogP contribution >= 0.6 is 0 Å². The van der Waals surface area contributed by atoms with Crippen LogP contribution in [-0.4, -0.2) is 98.7 Å². The Labute approximate surface area is 215 Å². The molecule has 5 fully saturated rings. The number of rotatable bonds is 3. The van der Waals surface area contributed by atoms with Crippen molar-refractivity contribution in [1.29, 1.82) is 0 Å². The molecule has 0 aromatic heterocycles. The molecule has 0 unspecified atom stereocenters. The van der Waals surface area contributed by atoms with Gasteiger partial charge in [-0.15, -0.1) is 0 Å². The zero-order chi connectivity index (χ0) is 27.2. The van der Waals surface area contributed by atoms with Crippen molar-refractivity contribution in [1.82, 2.24) is 0 Å². The number of ether oxygens (including phenoxy) is 3. The van der Waals surface area contributed by atoms with Crippen LogP contribution in [0.25, 0.3) is 0 Å². The second-order valence-electron chi connectivity index (χ2n) is 12.3. The second-order valence-corrected chi connectivity index (χ2v) is 12.3. The van der Waals surface area contributed by atoms with Crippen molar-refractivity contribution in [3.05, 3.63) is 0 Å². The molecule has 11 heteroatoms. The van der Waals surface area contributed by atoms with Crippen molar-refractivity contribution in [2.45, 2.75) is 96.0 Å². The van der Waals surface area contributed by atoms with Gasteiger partial charge in [-0.2, -0.15) is 0 Å². The highest BCUT2D eigenvalue weighted by atomic mass is 16.7. The first kappa shape index (κ1) is 27.1. The summed E-state index contributed by atoms with van der Waals surface area (Å²) in [5.74, 6) is -3.38. The maximum atomic E-state index is 14.3. The molecule has 37 heavy (non-hydrogen) atoms. The summed E-state index contributed by atoms with van der Waals surface area (Å²) in [6.07, 6.45) is -9.84. The normalized spacial score (nSPS) is 55.8. The molecule has 11 nitrogen and oxygen atoms in total. The summed E-state index contributed by atoms with van der Waals surface area (Å²) in [6, 6.07) is 0. The van der Waals surface area contributed by atoms with Crippen LogP contribution in [-0.2, 0) is 28.6 Å². The lowest BCUT2D eigenvalue weighted by Gasteiger charge is -2.67. The van der Waals surface area contributed by atoms with E-state index in [1.165, 1.54) is 0 Å². The summed E-state index contributed by atoms with van der Waals surface area (Å²) in [5.41, 5.74) is -2.10. The van der Waals surface area contributed by atoms with Gasteiger partial charge in [0.15, 0.2) is 17.9 Å². The van der Waals surface area contributed by atoms with Crippen LogP contribution in [0, 0.1) is 40.4 Å². The quantitative estimate of drug-likeness (QED) is 0.223. The van der Waals surface area contributed by atoms with Gasteiger partial charge >= 0.3 is 5.97 Å². The molecule has 0 radical (unpaired) electrons. The first-order valence-electron chi connectivity index (χ1n) is 13.2. The summed E-state index contributed by atoms with van der Waals surface area (Å²) in [5, 5.41) is 51.2. The van der Waals surface area contributed by atoms with Crippen molar-refractivity contribution in [3.63, 3.8) is 0 Å². The highest BCUT2D eigenvalue weighted by Crippen LogP contribution is 2.67. The van der Waals surface area contributed by atoms with Gasteiger partial charge in [0.05, 0.1) is 6.61 Å². The van der Waals surface area contributed by atoms with Gasteiger partial charge in [0.2, 0.25) is 0 Å². The number of aliphatic hydroxyl groups is 5. The lowest BCUT2D eigenvalue weighted by Crippen LogP contribution is -2.74. The molecule has 2 aliphatic heterocycles. The van der Waals surface area contributed by atoms with Crippen LogP contribution < -0.4 is 0 Å². The van der Waals surface area contributed by atoms with Crippen molar-refractivity contribution in [3.8, 4) is 0 Å². The Bertz CT molecular complexity index is 968. The number of esters is 1. The first-order valence-corrected chi connectivity index (χ1v) is 13.2. The fraction of sp³-hybridized carbons (Fsp3) is 0.885. The molecular formula is C26H38O11. The van der Waals surface area contributed by atoms with E-state index >= 15 is 0 Å². The van der Waals surface area contributed by atoms with Crippen molar-refractivity contribution < 1.29 is 54.1 Å². The Morgan fingerprint density at radius 1 is 0.973 bits per heavy atom. The van der Waals surface area contributed by atoms with Gasteiger partial charge in [0.25, 0.3) is 0 Å². The minimum atomic E-state index is -1.67. The molecule has 5 rings (SSSR count). The number of hydrogen-bond acceptors (Lipinski definition) is 11. The molecule has 0 bridgehead atoms. The molecule has 2 saturated heterocycles. The Balaban J connectivity index is 1.51. The van der Waals surface area contributed by atoms with Crippen LogP contribution in [0.4, 0.5) is 0 Å². The molecule has 0 spiro atoms. The zero-order valence-electron chi connectivity index (χ0n) is 21.5. The lowest BCUT2D eigenvalue weighted by molar-refractivity contribution is -0.314. The van der Waals surface area contributed by atoms with Crippen molar-refractivity contribution in [2.24, 2.45) is 40.4 Å². The maximum absolute atomic E-state index is 14.3. The summed E-state index contributed by atoms with van der Waals surface area (Å²) in [4.78, 5) is 40.5. The third-order valence-electron chi connectivity index (χ3n) is 10.6. The minimum Gasteiger partial charge on any atom is -0.462 e. The predicted octanol–water partition coefficient (Wildman–Crippen LogP) is -1.06. The second kappa shape index (κ2) is 9.04. The third kappa shape index (κ3) is 3.62. The van der Waals surface area contributed by atoms with Gasteiger partial charge in [0, 0.05) is 23.2 Å². The van der Waals surface area contributed by atoms with E-state index < -0.39 is 84.1 Å². The van der Waals surface area contributed by atoms with Crippen LogP contribution in [0.2, 0.25) is 0 Å². The monoisotopic (exact) mass is 526 g/mol. The van der Waals surface area contributed by atoms with Gasteiger partial charge in [0.1, 0.15) is 42.7 Å². The van der Waals surface area contributed by atoms with Crippen LogP contribution in [0.1, 0.15) is 47.0 Å². The average molecular weight is 527 g/mol. The smallest absolute Gasteiger partial charge is 0.306 e. The van der Waals surface area contributed by atoms with Crippen LogP contribution in [0.5, 0.6) is 0 Å². The molecule has 208 valence electrons. The standard InChI is InChI=1S/C26H38O11/c1-9-5-13(35-24-21(33)19(31)18(30)14(8-27)36-24)23(34)26(4)11(9)6-15-25(3)12(7-16(28)37-15)10(2)17(29)20(32)22(25)26/h9-15,17-19,21-22,24,27,29-31,33H,5-8H2,1-4H3/t9-,10-,11+,12+,13+,14-,15-,17+,18-,19+,21-,22+,24-,25-,26+/m1/s1. The number of hydrogen-bond donors (Lipinski definition) is 5. The van der Waals surface area contributed by atoms with Crippen LogP contribution in [0.3, 0.4) is 0 Å². The Hall–Kier alpha value is -1.47. The number of aliphatic hydroxyl groups excluding tert-OH is 5. The Morgan fingerprint density at radius 2 is 1.65 bits per heavy atom. The predicted molar refractivity (Wildman–Crippen MR) is 123 cm³/mol. The molecular weight excluding hydrogens is 488 g/mol. The van der Waals surface area contributed by atoms with Crippen LogP contribution in [0.15, 0.2) is 0 Å². The summed E-state index contributed by atoms with van der Waals surface area (Å²) < 4.78 is 17.2. The van der Waals surface area contributed by atoms with E-state index in [-0.39, 0.29) is 42.3 Å². The molecule has 0 aromatic carbocycles. The highest BCUT2D eigenvalue weighted by molar-refractivity contribution is 5.99.